The molecule has 1 aliphatic rings. The van der Waals surface area contributed by atoms with Gasteiger partial charge in [-0.15, -0.1) is 0 Å². The van der Waals surface area contributed by atoms with Gasteiger partial charge in [0.1, 0.15) is 5.60 Å². The number of carbonyl (C=O) groups is 2. The maximum Gasteiger partial charge on any atom is 0.407 e. The molecule has 1 aromatic heterocycles. The van der Waals surface area contributed by atoms with Crippen LogP contribution in [-0.4, -0.2) is 38.9 Å². The molecule has 0 aliphatic heterocycles. The largest absolute Gasteiger partial charge is 0.481 e. The van der Waals surface area contributed by atoms with E-state index in [0.29, 0.717) is 31.8 Å². The van der Waals surface area contributed by atoms with Crippen molar-refractivity contribution in [1.82, 2.24) is 14.9 Å². The molecule has 28 heavy (non-hydrogen) atoms. The Balaban J connectivity index is 1.78. The molecule has 7 nitrogen and oxygen atoms in total. The minimum Gasteiger partial charge on any atom is -0.481 e. The van der Waals surface area contributed by atoms with Crippen molar-refractivity contribution in [2.24, 2.45) is 11.8 Å². The van der Waals surface area contributed by atoms with Gasteiger partial charge in [0.2, 0.25) is 0 Å². The number of nitrogens with zero attached hydrogens (tertiary/aromatic N) is 2. The number of imidazole rings is 1. The smallest absolute Gasteiger partial charge is 0.407 e. The first-order valence-electron chi connectivity index (χ1n) is 10.4. The van der Waals surface area contributed by atoms with Crippen LogP contribution in [0.1, 0.15) is 78.0 Å². The van der Waals surface area contributed by atoms with Gasteiger partial charge in [-0.2, -0.15) is 0 Å². The molecule has 1 amide bonds. The Bertz CT molecular complexity index is 642. The van der Waals surface area contributed by atoms with Crippen LogP contribution in [0.2, 0.25) is 0 Å². The van der Waals surface area contributed by atoms with Crippen LogP contribution in [0, 0.1) is 11.8 Å². The fourth-order valence-corrected chi connectivity index (χ4v) is 3.64. The molecule has 0 bridgehead atoms. The monoisotopic (exact) mass is 393 g/mol. The Hall–Kier alpha value is -2.05. The highest BCUT2D eigenvalue weighted by Crippen LogP contribution is 2.31. The molecule has 1 aromatic rings. The maximum atomic E-state index is 11.6. The predicted octanol–water partition coefficient (Wildman–Crippen LogP) is 4.18. The molecule has 0 unspecified atom stereocenters. The Morgan fingerprint density at radius 2 is 2.00 bits per heavy atom. The molecule has 0 radical (unpaired) electrons. The quantitative estimate of drug-likeness (QED) is 0.646. The minimum absolute atomic E-state index is 0.396. The Morgan fingerprint density at radius 1 is 1.32 bits per heavy atom. The molecular weight excluding hydrogens is 358 g/mol. The third kappa shape index (κ3) is 7.52. The standard InChI is InChI=1S/C21H35N3O4/c1-15-7-9-18(10-8-15)24-13-17(23-14-24)12-16(19(25)26)6-5-11-22-20(27)28-21(2,3)4/h13-16,18H,5-12H2,1-4H3,(H,22,27)(H,25,26)/t15?,16-,18?/m1/s1. The fraction of sp³-hybridized carbons (Fsp3) is 0.762. The van der Waals surface area contributed by atoms with Crippen molar-refractivity contribution in [2.45, 2.75) is 84.3 Å². The van der Waals surface area contributed by atoms with Gasteiger partial charge in [-0.3, -0.25) is 4.79 Å². The lowest BCUT2D eigenvalue weighted by atomic mass is 9.87. The molecule has 2 N–H and O–H groups in total. The zero-order chi connectivity index (χ0) is 20.7. The highest BCUT2D eigenvalue weighted by Gasteiger charge is 2.22. The summed E-state index contributed by atoms with van der Waals surface area (Å²) in [6.07, 6.45) is 9.66. The van der Waals surface area contributed by atoms with Crippen molar-refractivity contribution in [3.8, 4) is 0 Å². The molecule has 0 aromatic carbocycles. The first-order chi connectivity index (χ1) is 13.1. The van der Waals surface area contributed by atoms with Crippen LogP contribution in [0.25, 0.3) is 0 Å². The van der Waals surface area contributed by atoms with E-state index in [1.54, 1.807) is 20.8 Å². The van der Waals surface area contributed by atoms with E-state index < -0.39 is 23.6 Å². The van der Waals surface area contributed by atoms with Crippen LogP contribution in [0.15, 0.2) is 12.5 Å². The van der Waals surface area contributed by atoms with E-state index in [2.05, 4.69) is 21.8 Å². The summed E-state index contributed by atoms with van der Waals surface area (Å²) in [5.41, 5.74) is 0.286. The number of amides is 1. The number of hydrogen-bond donors (Lipinski definition) is 2. The molecule has 0 saturated heterocycles. The van der Waals surface area contributed by atoms with Crippen molar-refractivity contribution in [2.75, 3.05) is 6.54 Å². The van der Waals surface area contributed by atoms with Gasteiger partial charge < -0.3 is 19.7 Å². The van der Waals surface area contributed by atoms with Gasteiger partial charge in [0, 0.05) is 25.2 Å². The summed E-state index contributed by atoms with van der Waals surface area (Å²) >= 11 is 0. The second-order valence-electron chi connectivity index (χ2n) is 9.04. The van der Waals surface area contributed by atoms with E-state index >= 15 is 0 Å². The minimum atomic E-state index is -0.821. The number of nitrogens with one attached hydrogen (secondary N) is 1. The number of alkyl carbamates (subject to hydrolysis) is 1. The summed E-state index contributed by atoms with van der Waals surface area (Å²) in [6.45, 7) is 8.11. The van der Waals surface area contributed by atoms with Gasteiger partial charge in [0.05, 0.1) is 17.9 Å². The zero-order valence-electron chi connectivity index (χ0n) is 17.6. The normalized spacial score (nSPS) is 21.1. The molecule has 1 saturated carbocycles. The van der Waals surface area contributed by atoms with Gasteiger partial charge in [-0.05, 0) is 65.2 Å². The van der Waals surface area contributed by atoms with Gasteiger partial charge in [0.15, 0.2) is 0 Å². The summed E-state index contributed by atoms with van der Waals surface area (Å²) in [5.74, 6) is -0.529. The number of aromatic nitrogens is 2. The second-order valence-corrected chi connectivity index (χ2v) is 9.04. The summed E-state index contributed by atoms with van der Waals surface area (Å²) in [4.78, 5) is 27.7. The highest BCUT2D eigenvalue weighted by atomic mass is 16.6. The summed E-state index contributed by atoms with van der Waals surface area (Å²) in [5, 5.41) is 12.2. The molecule has 1 atom stereocenters. The lowest BCUT2D eigenvalue weighted by Crippen LogP contribution is -2.33. The number of ether oxygens (including phenoxy) is 1. The number of rotatable bonds is 8. The predicted molar refractivity (Wildman–Crippen MR) is 107 cm³/mol. The van der Waals surface area contributed by atoms with Crippen molar-refractivity contribution in [3.05, 3.63) is 18.2 Å². The Labute approximate surface area is 167 Å². The second kappa shape index (κ2) is 9.94. The first-order valence-corrected chi connectivity index (χ1v) is 10.4. The van der Waals surface area contributed by atoms with Gasteiger partial charge in [-0.25, -0.2) is 9.78 Å². The van der Waals surface area contributed by atoms with Crippen LogP contribution < -0.4 is 5.32 Å². The van der Waals surface area contributed by atoms with Gasteiger partial charge in [0.25, 0.3) is 0 Å². The molecular formula is C21H35N3O4. The highest BCUT2D eigenvalue weighted by molar-refractivity contribution is 5.70. The zero-order valence-corrected chi connectivity index (χ0v) is 17.6. The van der Waals surface area contributed by atoms with E-state index in [4.69, 9.17) is 4.74 Å². The third-order valence-corrected chi connectivity index (χ3v) is 5.26. The Kier molecular flexibility index (Phi) is 7.89. The van der Waals surface area contributed by atoms with E-state index in [1.807, 2.05) is 12.5 Å². The van der Waals surface area contributed by atoms with E-state index in [-0.39, 0.29) is 0 Å². The molecule has 158 valence electrons. The summed E-state index contributed by atoms with van der Waals surface area (Å²) in [6, 6.07) is 0.485. The van der Waals surface area contributed by atoms with Crippen molar-refractivity contribution < 1.29 is 19.4 Å². The topological polar surface area (TPSA) is 93.5 Å². The lowest BCUT2D eigenvalue weighted by molar-refractivity contribution is -0.142. The first kappa shape index (κ1) is 22.2. The van der Waals surface area contributed by atoms with Crippen LogP contribution >= 0.6 is 0 Å². The van der Waals surface area contributed by atoms with Crippen molar-refractivity contribution in [1.29, 1.82) is 0 Å². The van der Waals surface area contributed by atoms with Crippen molar-refractivity contribution >= 4 is 12.1 Å². The van der Waals surface area contributed by atoms with Crippen LogP contribution in [0.4, 0.5) is 4.79 Å². The van der Waals surface area contributed by atoms with Crippen LogP contribution in [0.3, 0.4) is 0 Å². The summed E-state index contributed by atoms with van der Waals surface area (Å²) in [7, 11) is 0. The number of carboxylic acids is 1. The fourth-order valence-electron chi connectivity index (χ4n) is 3.64. The number of carbonyl (C=O) groups excluding carboxylic acids is 1. The van der Waals surface area contributed by atoms with E-state index in [9.17, 15) is 14.7 Å². The third-order valence-electron chi connectivity index (χ3n) is 5.26. The molecule has 1 heterocycles. The summed E-state index contributed by atoms with van der Waals surface area (Å²) < 4.78 is 7.33. The SMILES string of the molecule is CC1CCC(n2cnc(C[C@@H](CCCNC(=O)OC(C)(C)C)C(=O)O)c2)CC1. The number of hydrogen-bond acceptors (Lipinski definition) is 4. The van der Waals surface area contributed by atoms with Gasteiger partial charge in [-0.1, -0.05) is 6.92 Å². The lowest BCUT2D eigenvalue weighted by Gasteiger charge is -2.26. The van der Waals surface area contributed by atoms with E-state index in [0.717, 1.165) is 24.5 Å². The van der Waals surface area contributed by atoms with Crippen LogP contribution in [-0.2, 0) is 16.0 Å². The molecule has 7 heteroatoms. The molecule has 0 spiro atoms. The molecule has 2 rings (SSSR count). The Morgan fingerprint density at radius 3 is 2.61 bits per heavy atom. The number of carboxylic acid groups (broad SMARTS) is 1. The molecule has 1 aliphatic carbocycles. The van der Waals surface area contributed by atoms with Crippen LogP contribution in [0.5, 0.6) is 0 Å². The average Bonchev–Trinajstić information content (AvgIpc) is 3.05. The van der Waals surface area contributed by atoms with E-state index in [1.165, 1.54) is 12.8 Å². The van der Waals surface area contributed by atoms with Crippen molar-refractivity contribution in [3.63, 3.8) is 0 Å². The maximum absolute atomic E-state index is 11.6. The number of aliphatic carboxylic acids is 1. The van der Waals surface area contributed by atoms with Gasteiger partial charge >= 0.3 is 12.1 Å². The average molecular weight is 394 g/mol. The molecule has 1 fully saturated rings.